The molecule has 1 fully saturated rings. The van der Waals surface area contributed by atoms with Gasteiger partial charge in [-0.05, 0) is 17.7 Å². The molecule has 32 heavy (non-hydrogen) atoms. The summed E-state index contributed by atoms with van der Waals surface area (Å²) >= 11 is 0. The lowest BCUT2D eigenvalue weighted by Gasteiger charge is -2.26. The molecule has 0 unspecified atom stereocenters. The second-order valence-corrected chi connectivity index (χ2v) is 7.27. The zero-order chi connectivity index (χ0) is 22.3. The van der Waals surface area contributed by atoms with Crippen molar-refractivity contribution >= 4 is 12.2 Å². The van der Waals surface area contributed by atoms with Crippen LogP contribution in [0.4, 0.5) is 5.95 Å². The number of aromatic hydroxyl groups is 1. The molecule has 1 aliphatic heterocycles. The van der Waals surface area contributed by atoms with E-state index in [1.165, 1.54) is 6.21 Å². The SMILES string of the molecule is N#Cc1c(-c2ccccc2)nc(NN=Cc2cc(CN3CCOCC3)ccc2O)[nH]c1=O. The van der Waals surface area contributed by atoms with E-state index in [1.807, 2.05) is 24.3 Å². The quantitative estimate of drug-likeness (QED) is 0.404. The fourth-order valence-corrected chi connectivity index (χ4v) is 3.42. The molecular formula is C23H22N6O3. The van der Waals surface area contributed by atoms with Crippen molar-refractivity contribution in [1.82, 2.24) is 14.9 Å². The molecule has 0 radical (unpaired) electrons. The van der Waals surface area contributed by atoms with Gasteiger partial charge in [0.25, 0.3) is 5.56 Å². The Hall–Kier alpha value is -4.00. The van der Waals surface area contributed by atoms with Crippen LogP contribution in [0.25, 0.3) is 11.3 Å². The number of nitriles is 1. The first-order chi connectivity index (χ1) is 15.6. The number of phenolic OH excluding ortho intramolecular Hbond substituents is 1. The highest BCUT2D eigenvalue weighted by Crippen LogP contribution is 2.20. The highest BCUT2D eigenvalue weighted by Gasteiger charge is 2.13. The van der Waals surface area contributed by atoms with E-state index < -0.39 is 5.56 Å². The van der Waals surface area contributed by atoms with Gasteiger partial charge in [-0.15, -0.1) is 0 Å². The molecule has 2 aromatic carbocycles. The van der Waals surface area contributed by atoms with Crippen LogP contribution in [-0.4, -0.2) is 52.5 Å². The Labute approximate surface area is 184 Å². The van der Waals surface area contributed by atoms with E-state index in [-0.39, 0.29) is 23.0 Å². The van der Waals surface area contributed by atoms with Crippen molar-refractivity contribution in [3.63, 3.8) is 0 Å². The molecule has 0 atom stereocenters. The normalized spacial score (nSPS) is 14.3. The number of H-pyrrole nitrogens is 1. The van der Waals surface area contributed by atoms with Gasteiger partial charge in [-0.25, -0.2) is 10.4 Å². The van der Waals surface area contributed by atoms with E-state index in [4.69, 9.17) is 4.74 Å². The predicted molar refractivity (Wildman–Crippen MR) is 120 cm³/mol. The van der Waals surface area contributed by atoms with E-state index in [1.54, 1.807) is 30.3 Å². The smallest absolute Gasteiger partial charge is 0.270 e. The number of ether oxygens (including phenoxy) is 1. The first-order valence-corrected chi connectivity index (χ1v) is 10.1. The standard InChI is InChI=1S/C23H22N6O3/c24-13-19-21(17-4-2-1-3-5-17)26-23(27-22(19)31)28-25-14-18-12-16(6-7-20(18)30)15-29-8-10-32-11-9-29/h1-7,12,14,30H,8-11,15H2,(H2,26,27,28,31). The average Bonchev–Trinajstić information content (AvgIpc) is 2.82. The summed E-state index contributed by atoms with van der Waals surface area (Å²) in [6, 6.07) is 16.3. The number of aromatic amines is 1. The van der Waals surface area contributed by atoms with E-state index >= 15 is 0 Å². The maximum Gasteiger partial charge on any atom is 0.270 e. The fourth-order valence-electron chi connectivity index (χ4n) is 3.42. The topological polar surface area (TPSA) is 127 Å². The lowest BCUT2D eigenvalue weighted by molar-refractivity contribution is 0.0342. The number of nitrogens with one attached hydrogen (secondary N) is 2. The number of nitrogens with zero attached hydrogens (tertiary/aromatic N) is 4. The van der Waals surface area contributed by atoms with Crippen LogP contribution >= 0.6 is 0 Å². The minimum absolute atomic E-state index is 0.0702. The van der Waals surface area contributed by atoms with E-state index in [9.17, 15) is 15.2 Å². The number of hydrogen-bond acceptors (Lipinski definition) is 8. The molecule has 0 aliphatic carbocycles. The van der Waals surface area contributed by atoms with Gasteiger partial charge in [-0.3, -0.25) is 14.7 Å². The van der Waals surface area contributed by atoms with E-state index in [0.717, 1.165) is 38.4 Å². The molecule has 9 nitrogen and oxygen atoms in total. The molecule has 0 bridgehead atoms. The van der Waals surface area contributed by atoms with Crippen molar-refractivity contribution in [3.05, 3.63) is 75.6 Å². The van der Waals surface area contributed by atoms with Gasteiger partial charge in [-0.1, -0.05) is 36.4 Å². The summed E-state index contributed by atoms with van der Waals surface area (Å²) in [5, 5.41) is 23.6. The van der Waals surface area contributed by atoms with Crippen molar-refractivity contribution in [2.45, 2.75) is 6.54 Å². The van der Waals surface area contributed by atoms with Crippen LogP contribution in [0, 0.1) is 11.3 Å². The van der Waals surface area contributed by atoms with E-state index in [2.05, 4.69) is 25.4 Å². The first-order valence-electron chi connectivity index (χ1n) is 10.1. The Morgan fingerprint density at radius 1 is 1.25 bits per heavy atom. The monoisotopic (exact) mass is 430 g/mol. The summed E-state index contributed by atoms with van der Waals surface area (Å²) in [6.07, 6.45) is 1.46. The number of rotatable bonds is 6. The zero-order valence-corrected chi connectivity index (χ0v) is 17.3. The van der Waals surface area contributed by atoms with Gasteiger partial charge in [0.05, 0.1) is 25.1 Å². The summed E-state index contributed by atoms with van der Waals surface area (Å²) in [4.78, 5) is 21.5. The molecule has 4 rings (SSSR count). The number of hydrogen-bond donors (Lipinski definition) is 3. The number of phenols is 1. The summed E-state index contributed by atoms with van der Waals surface area (Å²) < 4.78 is 5.37. The van der Waals surface area contributed by atoms with Gasteiger partial charge in [0.1, 0.15) is 17.4 Å². The second kappa shape index (κ2) is 9.87. The summed E-state index contributed by atoms with van der Waals surface area (Å²) in [6.45, 7) is 3.93. The first kappa shape index (κ1) is 21.2. The van der Waals surface area contributed by atoms with Crippen LogP contribution in [-0.2, 0) is 11.3 Å². The lowest BCUT2D eigenvalue weighted by atomic mass is 10.1. The largest absolute Gasteiger partial charge is 0.507 e. The maximum atomic E-state index is 12.3. The van der Waals surface area contributed by atoms with Gasteiger partial charge in [0.2, 0.25) is 5.95 Å². The van der Waals surface area contributed by atoms with Crippen molar-refractivity contribution in [1.29, 1.82) is 5.26 Å². The van der Waals surface area contributed by atoms with Gasteiger partial charge >= 0.3 is 0 Å². The molecular weight excluding hydrogens is 408 g/mol. The fraction of sp³-hybridized carbons (Fsp3) is 0.217. The molecule has 0 amide bonds. The van der Waals surface area contributed by atoms with Crippen LogP contribution in [0.5, 0.6) is 5.75 Å². The maximum absolute atomic E-state index is 12.3. The highest BCUT2D eigenvalue weighted by molar-refractivity contribution is 5.84. The Kier molecular flexibility index (Phi) is 6.55. The Balaban J connectivity index is 1.53. The Morgan fingerprint density at radius 2 is 2.03 bits per heavy atom. The van der Waals surface area contributed by atoms with Gasteiger partial charge in [-0.2, -0.15) is 10.4 Å². The molecule has 1 saturated heterocycles. The van der Waals surface area contributed by atoms with Crippen LogP contribution in [0.3, 0.4) is 0 Å². The number of hydrazone groups is 1. The predicted octanol–water partition coefficient (Wildman–Crippen LogP) is 2.29. The van der Waals surface area contributed by atoms with Crippen molar-refractivity contribution in [2.75, 3.05) is 31.7 Å². The number of aromatic nitrogens is 2. The number of benzene rings is 2. The third-order valence-corrected chi connectivity index (χ3v) is 5.05. The highest BCUT2D eigenvalue weighted by atomic mass is 16.5. The van der Waals surface area contributed by atoms with Crippen LogP contribution < -0.4 is 11.0 Å². The molecule has 0 spiro atoms. The molecule has 0 saturated carbocycles. The Morgan fingerprint density at radius 3 is 2.78 bits per heavy atom. The Bertz CT molecular complexity index is 1210. The molecule has 1 aliphatic rings. The van der Waals surface area contributed by atoms with Gasteiger partial charge in [0.15, 0.2) is 0 Å². The van der Waals surface area contributed by atoms with Gasteiger partial charge in [0, 0.05) is 30.8 Å². The zero-order valence-electron chi connectivity index (χ0n) is 17.3. The third kappa shape index (κ3) is 5.00. The third-order valence-electron chi connectivity index (χ3n) is 5.05. The van der Waals surface area contributed by atoms with Crippen molar-refractivity contribution in [3.8, 4) is 23.1 Å². The van der Waals surface area contributed by atoms with Crippen molar-refractivity contribution < 1.29 is 9.84 Å². The lowest BCUT2D eigenvalue weighted by Crippen LogP contribution is -2.35. The molecule has 3 aromatic rings. The average molecular weight is 430 g/mol. The van der Waals surface area contributed by atoms with E-state index in [0.29, 0.717) is 11.1 Å². The van der Waals surface area contributed by atoms with Crippen LogP contribution in [0.1, 0.15) is 16.7 Å². The molecule has 1 aromatic heterocycles. The summed E-state index contributed by atoms with van der Waals surface area (Å²) in [7, 11) is 0. The van der Waals surface area contributed by atoms with Gasteiger partial charge < -0.3 is 9.84 Å². The summed E-state index contributed by atoms with van der Waals surface area (Å²) in [5.41, 5.74) is 4.54. The minimum atomic E-state index is -0.561. The summed E-state index contributed by atoms with van der Waals surface area (Å²) in [5.74, 6) is 0.181. The molecule has 2 heterocycles. The molecule has 9 heteroatoms. The minimum Gasteiger partial charge on any atom is -0.507 e. The number of morpholine rings is 1. The second-order valence-electron chi connectivity index (χ2n) is 7.27. The van der Waals surface area contributed by atoms with Crippen molar-refractivity contribution in [2.24, 2.45) is 5.10 Å². The molecule has 162 valence electrons. The van der Waals surface area contributed by atoms with Crippen LogP contribution in [0.15, 0.2) is 58.4 Å². The van der Waals surface area contributed by atoms with Crippen LogP contribution in [0.2, 0.25) is 0 Å². The molecule has 3 N–H and O–H groups in total. The number of anilines is 1.